The molecule has 1 aliphatic rings. The van der Waals surface area contributed by atoms with Crippen LogP contribution < -0.4 is 5.32 Å². The number of ether oxygens (including phenoxy) is 4. The number of carboxylic acid groups (broad SMARTS) is 1. The number of aliphatic carboxylic acids is 1. The molecule has 1 rings (SSSR count). The Morgan fingerprint density at radius 1 is 0.871 bits per heavy atom. The molecular weight excluding hydrogens is 418 g/mol. The minimum atomic E-state index is -1.65. The van der Waals surface area contributed by atoms with Gasteiger partial charge in [0, 0.05) is 33.6 Å². The molecule has 5 atom stereocenters. The van der Waals surface area contributed by atoms with E-state index in [0.717, 1.165) is 20.8 Å². The molecule has 1 amide bonds. The van der Waals surface area contributed by atoms with Crippen molar-refractivity contribution in [2.75, 3.05) is 6.61 Å². The second-order valence-electron chi connectivity index (χ2n) is 7.06. The van der Waals surface area contributed by atoms with E-state index in [1.165, 1.54) is 0 Å². The molecule has 1 heterocycles. The fourth-order valence-electron chi connectivity index (χ4n) is 3.07. The van der Waals surface area contributed by atoms with E-state index in [1.807, 2.05) is 0 Å². The largest absolute Gasteiger partial charge is 0.481 e. The Morgan fingerprint density at radius 3 is 2.00 bits per heavy atom. The van der Waals surface area contributed by atoms with Gasteiger partial charge in [-0.25, -0.2) is 0 Å². The number of unbranched alkanes of at least 4 members (excludes halogenated alkanes) is 2. The van der Waals surface area contributed by atoms with Crippen LogP contribution in [0.15, 0.2) is 0 Å². The van der Waals surface area contributed by atoms with E-state index in [2.05, 4.69) is 5.32 Å². The van der Waals surface area contributed by atoms with Gasteiger partial charge in [0.15, 0.2) is 18.5 Å². The zero-order chi connectivity index (χ0) is 23.6. The van der Waals surface area contributed by atoms with Gasteiger partial charge < -0.3 is 34.5 Å². The number of carbonyl (C=O) groups is 5. The maximum absolute atomic E-state index is 12.3. The van der Waals surface area contributed by atoms with Gasteiger partial charge in [-0.2, -0.15) is 0 Å². The highest BCUT2D eigenvalue weighted by Gasteiger charge is 2.50. The van der Waals surface area contributed by atoms with Crippen LogP contribution in [0.5, 0.6) is 0 Å². The molecule has 31 heavy (non-hydrogen) atoms. The van der Waals surface area contributed by atoms with Gasteiger partial charge >= 0.3 is 23.9 Å². The first kappa shape index (κ1) is 26.3. The Labute approximate surface area is 179 Å². The minimum absolute atomic E-state index is 0.000882. The zero-order valence-corrected chi connectivity index (χ0v) is 17.7. The lowest BCUT2D eigenvalue weighted by Crippen LogP contribution is -2.66. The van der Waals surface area contributed by atoms with Gasteiger partial charge in [0.25, 0.3) is 0 Å². The molecule has 0 bridgehead atoms. The van der Waals surface area contributed by atoms with Crippen molar-refractivity contribution in [1.82, 2.24) is 5.32 Å². The second kappa shape index (κ2) is 12.8. The third-order valence-electron chi connectivity index (χ3n) is 4.34. The highest BCUT2D eigenvalue weighted by atomic mass is 16.7. The van der Waals surface area contributed by atoms with E-state index in [-0.39, 0.29) is 19.4 Å². The normalized spacial score (nSPS) is 25.2. The Balaban J connectivity index is 2.88. The summed E-state index contributed by atoms with van der Waals surface area (Å²) in [6.45, 7) is 2.99. The molecule has 176 valence electrons. The average Bonchev–Trinajstić information content (AvgIpc) is 2.64. The van der Waals surface area contributed by atoms with Crippen LogP contribution in [0.25, 0.3) is 0 Å². The van der Waals surface area contributed by atoms with E-state index in [1.54, 1.807) is 0 Å². The number of rotatable bonds is 11. The number of aliphatic hydroxyl groups is 1. The highest BCUT2D eigenvalue weighted by Crippen LogP contribution is 2.26. The van der Waals surface area contributed by atoms with Crippen molar-refractivity contribution in [3.05, 3.63) is 0 Å². The number of hydrogen-bond acceptors (Lipinski definition) is 10. The zero-order valence-electron chi connectivity index (χ0n) is 17.7. The summed E-state index contributed by atoms with van der Waals surface area (Å²) in [4.78, 5) is 57.1. The van der Waals surface area contributed by atoms with Crippen LogP contribution >= 0.6 is 0 Å². The number of nitrogens with one attached hydrogen (secondary N) is 1. The van der Waals surface area contributed by atoms with Gasteiger partial charge in [0.05, 0.1) is 0 Å². The van der Waals surface area contributed by atoms with Crippen molar-refractivity contribution in [2.24, 2.45) is 0 Å². The maximum atomic E-state index is 12.3. The third-order valence-corrected chi connectivity index (χ3v) is 4.34. The van der Waals surface area contributed by atoms with E-state index >= 15 is 0 Å². The molecular formula is C19H29NO11. The molecule has 3 N–H and O–H groups in total. The number of esters is 3. The number of amides is 1. The third kappa shape index (κ3) is 9.75. The number of hydrogen-bond donors (Lipinski definition) is 3. The summed E-state index contributed by atoms with van der Waals surface area (Å²) in [7, 11) is 0. The Hall–Kier alpha value is -2.73. The summed E-state index contributed by atoms with van der Waals surface area (Å²) in [5.41, 5.74) is 0. The molecule has 12 heteroatoms. The van der Waals surface area contributed by atoms with Crippen LogP contribution in [-0.4, -0.2) is 77.2 Å². The lowest BCUT2D eigenvalue weighted by molar-refractivity contribution is -0.264. The van der Waals surface area contributed by atoms with Crippen molar-refractivity contribution in [3.8, 4) is 0 Å². The lowest BCUT2D eigenvalue weighted by Gasteiger charge is -2.43. The Bertz CT molecular complexity index is 665. The minimum Gasteiger partial charge on any atom is -0.481 e. The summed E-state index contributed by atoms with van der Waals surface area (Å²) in [6.07, 6.45) is -3.99. The average molecular weight is 447 g/mol. The Morgan fingerprint density at radius 2 is 1.45 bits per heavy atom. The van der Waals surface area contributed by atoms with Gasteiger partial charge in [-0.05, 0) is 12.8 Å². The molecule has 0 aromatic heterocycles. The summed E-state index contributed by atoms with van der Waals surface area (Å²) in [6, 6.07) is -1.26. The van der Waals surface area contributed by atoms with Crippen LogP contribution in [0.2, 0.25) is 0 Å². The van der Waals surface area contributed by atoms with E-state index in [9.17, 15) is 29.1 Å². The number of carbonyl (C=O) groups excluding carboxylic acids is 4. The van der Waals surface area contributed by atoms with E-state index < -0.39 is 60.4 Å². The Kier molecular flexibility index (Phi) is 10.9. The quantitative estimate of drug-likeness (QED) is 0.214. The fourth-order valence-corrected chi connectivity index (χ4v) is 3.07. The molecule has 0 unspecified atom stereocenters. The molecule has 1 fully saturated rings. The van der Waals surface area contributed by atoms with Gasteiger partial charge in [-0.15, -0.1) is 0 Å². The van der Waals surface area contributed by atoms with E-state index in [0.29, 0.717) is 19.3 Å². The maximum Gasteiger partial charge on any atom is 0.303 e. The molecule has 0 aromatic carbocycles. The summed E-state index contributed by atoms with van der Waals surface area (Å²) >= 11 is 0. The lowest BCUT2D eigenvalue weighted by atomic mass is 9.96. The molecule has 0 aliphatic carbocycles. The number of carboxylic acids is 1. The summed E-state index contributed by atoms with van der Waals surface area (Å²) < 4.78 is 20.7. The van der Waals surface area contributed by atoms with Gasteiger partial charge in [-0.1, -0.05) is 6.42 Å². The van der Waals surface area contributed by atoms with Crippen LogP contribution in [0.4, 0.5) is 0 Å². The van der Waals surface area contributed by atoms with Gasteiger partial charge in [0.2, 0.25) is 5.91 Å². The molecule has 0 spiro atoms. The van der Waals surface area contributed by atoms with Crippen LogP contribution in [-0.2, 0) is 42.9 Å². The predicted molar refractivity (Wildman–Crippen MR) is 101 cm³/mol. The molecule has 0 saturated carbocycles. The second-order valence-corrected chi connectivity index (χ2v) is 7.06. The standard InChI is InChI=1S/C19H29NO11/c1-10(21)28-9-13-17(29-11(2)22)18(30-12(3)23)16(19(27)31-13)20-14(24)7-5-4-6-8-15(25)26/h13,16-19,27H,4-9H2,1-3H3,(H,20,24)(H,25,26)/t13-,16-,17-,18-,19-/m1/s1. The summed E-state index contributed by atoms with van der Waals surface area (Å²) in [5, 5.41) is 21.5. The van der Waals surface area contributed by atoms with Gasteiger partial charge in [0.1, 0.15) is 18.8 Å². The van der Waals surface area contributed by atoms with Crippen molar-refractivity contribution in [1.29, 1.82) is 0 Å². The smallest absolute Gasteiger partial charge is 0.303 e. The van der Waals surface area contributed by atoms with Gasteiger partial charge in [-0.3, -0.25) is 24.0 Å². The predicted octanol–water partition coefficient (Wildman–Crippen LogP) is -0.350. The highest BCUT2D eigenvalue weighted by molar-refractivity contribution is 5.76. The van der Waals surface area contributed by atoms with E-state index in [4.69, 9.17) is 24.1 Å². The van der Waals surface area contributed by atoms with Crippen molar-refractivity contribution in [2.45, 2.75) is 83.5 Å². The first-order chi connectivity index (χ1) is 14.5. The van der Waals surface area contributed by atoms with Crippen molar-refractivity contribution < 1.29 is 53.1 Å². The number of aliphatic hydroxyl groups excluding tert-OH is 1. The molecule has 0 radical (unpaired) electrons. The molecule has 12 nitrogen and oxygen atoms in total. The first-order valence-corrected chi connectivity index (χ1v) is 9.83. The SMILES string of the molecule is CC(=O)OC[C@H]1O[C@@H](O)[C@H](NC(=O)CCCCCC(=O)O)[C@@H](OC(C)=O)[C@@H]1OC(C)=O. The molecule has 1 saturated heterocycles. The molecule has 1 aliphatic heterocycles. The van der Waals surface area contributed by atoms with Crippen molar-refractivity contribution in [3.63, 3.8) is 0 Å². The monoisotopic (exact) mass is 447 g/mol. The fraction of sp³-hybridized carbons (Fsp3) is 0.737. The summed E-state index contributed by atoms with van der Waals surface area (Å²) in [5.74, 6) is -3.55. The van der Waals surface area contributed by atoms with Crippen LogP contribution in [0.3, 0.4) is 0 Å². The molecule has 0 aromatic rings. The first-order valence-electron chi connectivity index (χ1n) is 9.83. The topological polar surface area (TPSA) is 175 Å². The van der Waals surface area contributed by atoms with Crippen LogP contribution in [0, 0.1) is 0 Å². The van der Waals surface area contributed by atoms with Crippen molar-refractivity contribution >= 4 is 29.8 Å². The van der Waals surface area contributed by atoms with Crippen LogP contribution in [0.1, 0.15) is 52.9 Å².